The van der Waals surface area contributed by atoms with Crippen molar-refractivity contribution in [1.82, 2.24) is 19.7 Å². The third-order valence-corrected chi connectivity index (χ3v) is 4.82. The van der Waals surface area contributed by atoms with Gasteiger partial charge in [-0.3, -0.25) is 14.3 Å². The number of fused-ring (bicyclic) bond motifs is 2. The van der Waals surface area contributed by atoms with Crippen LogP contribution in [0.3, 0.4) is 0 Å². The molecule has 0 radical (unpaired) electrons. The fourth-order valence-corrected chi connectivity index (χ4v) is 3.46. The Labute approximate surface area is 160 Å². The standard InChI is InChI=1S/C22H14N4O2/c1-26-20-15(12-23-26)21(27)18-19(22(20)28)25-17(14-10-6-3-7-11-14)16(24-18)13-8-4-2-5-9-13/h2-12H,1H3. The molecular weight excluding hydrogens is 352 g/mol. The topological polar surface area (TPSA) is 77.7 Å². The van der Waals surface area contributed by atoms with E-state index < -0.39 is 0 Å². The Balaban J connectivity index is 1.82. The third kappa shape index (κ3) is 2.31. The number of nitrogens with zero attached hydrogens (tertiary/aromatic N) is 4. The largest absolute Gasteiger partial charge is 0.287 e. The summed E-state index contributed by atoms with van der Waals surface area (Å²) in [5.41, 5.74) is 3.45. The highest BCUT2D eigenvalue weighted by Gasteiger charge is 2.36. The maximum atomic E-state index is 13.1. The fraction of sp³-hybridized carbons (Fsp3) is 0.0455. The van der Waals surface area contributed by atoms with Crippen molar-refractivity contribution in [1.29, 1.82) is 0 Å². The molecule has 1 aliphatic carbocycles. The highest BCUT2D eigenvalue weighted by atomic mass is 16.1. The van der Waals surface area contributed by atoms with Crippen molar-refractivity contribution < 1.29 is 9.59 Å². The lowest BCUT2D eigenvalue weighted by Crippen LogP contribution is -2.25. The van der Waals surface area contributed by atoms with E-state index in [1.165, 1.54) is 10.9 Å². The maximum absolute atomic E-state index is 13.1. The molecule has 0 saturated carbocycles. The number of hydrogen-bond acceptors (Lipinski definition) is 5. The molecule has 0 aliphatic heterocycles. The van der Waals surface area contributed by atoms with Crippen LogP contribution in [0.5, 0.6) is 0 Å². The molecule has 0 fully saturated rings. The summed E-state index contributed by atoms with van der Waals surface area (Å²) >= 11 is 0. The minimum atomic E-state index is -0.339. The van der Waals surface area contributed by atoms with Gasteiger partial charge in [-0.15, -0.1) is 0 Å². The summed E-state index contributed by atoms with van der Waals surface area (Å²) in [6, 6.07) is 19.1. The van der Waals surface area contributed by atoms with Gasteiger partial charge in [0.05, 0.1) is 23.1 Å². The van der Waals surface area contributed by atoms with Gasteiger partial charge in [0.25, 0.3) is 0 Å². The van der Waals surface area contributed by atoms with Gasteiger partial charge in [-0.25, -0.2) is 9.97 Å². The molecule has 134 valence electrons. The molecule has 2 aromatic heterocycles. The zero-order valence-electron chi connectivity index (χ0n) is 15.0. The zero-order valence-corrected chi connectivity index (χ0v) is 15.0. The number of carbonyl (C=O) groups excluding carboxylic acids is 2. The first-order valence-corrected chi connectivity index (χ1v) is 8.79. The number of carbonyl (C=O) groups is 2. The highest BCUT2D eigenvalue weighted by Crippen LogP contribution is 2.33. The summed E-state index contributed by atoms with van der Waals surface area (Å²) in [5.74, 6) is -0.670. The van der Waals surface area contributed by atoms with Crippen molar-refractivity contribution in [2.45, 2.75) is 0 Å². The molecule has 0 saturated heterocycles. The lowest BCUT2D eigenvalue weighted by Gasteiger charge is -2.17. The molecule has 6 nitrogen and oxygen atoms in total. The van der Waals surface area contributed by atoms with Crippen molar-refractivity contribution in [3.8, 4) is 22.5 Å². The molecule has 0 atom stereocenters. The number of hydrogen-bond donors (Lipinski definition) is 0. The lowest BCUT2D eigenvalue weighted by atomic mass is 9.94. The van der Waals surface area contributed by atoms with Gasteiger partial charge >= 0.3 is 0 Å². The molecule has 0 bridgehead atoms. The quantitative estimate of drug-likeness (QED) is 0.479. The Morgan fingerprint density at radius 3 is 1.71 bits per heavy atom. The van der Waals surface area contributed by atoms with Gasteiger partial charge in [-0.1, -0.05) is 60.7 Å². The predicted octanol–water partition coefficient (Wildman–Crippen LogP) is 3.32. The van der Waals surface area contributed by atoms with Crippen molar-refractivity contribution in [2.24, 2.45) is 7.05 Å². The Hall–Kier alpha value is -3.93. The lowest BCUT2D eigenvalue weighted by molar-refractivity contribution is 0.0966. The van der Waals surface area contributed by atoms with Crippen LogP contribution in [0.25, 0.3) is 22.5 Å². The Bertz CT molecular complexity index is 1240. The molecule has 0 N–H and O–H groups in total. The van der Waals surface area contributed by atoms with Crippen LogP contribution in [0.4, 0.5) is 0 Å². The van der Waals surface area contributed by atoms with E-state index in [0.29, 0.717) is 11.4 Å². The fourth-order valence-electron chi connectivity index (χ4n) is 3.46. The van der Waals surface area contributed by atoms with Gasteiger partial charge in [0.2, 0.25) is 11.6 Å². The second kappa shape index (κ2) is 6.06. The minimum absolute atomic E-state index is 0.0691. The van der Waals surface area contributed by atoms with E-state index in [-0.39, 0.29) is 34.2 Å². The summed E-state index contributed by atoms with van der Waals surface area (Å²) in [6.07, 6.45) is 1.41. The molecule has 0 amide bonds. The van der Waals surface area contributed by atoms with Crippen LogP contribution in [-0.4, -0.2) is 31.3 Å². The first-order chi connectivity index (χ1) is 13.6. The number of rotatable bonds is 2. The van der Waals surface area contributed by atoms with Crippen LogP contribution in [0, 0.1) is 0 Å². The first kappa shape index (κ1) is 16.3. The van der Waals surface area contributed by atoms with Gasteiger partial charge in [0, 0.05) is 18.2 Å². The van der Waals surface area contributed by atoms with Gasteiger partial charge in [0.15, 0.2) is 0 Å². The van der Waals surface area contributed by atoms with E-state index in [4.69, 9.17) is 0 Å². The molecule has 0 spiro atoms. The average molecular weight is 366 g/mol. The minimum Gasteiger partial charge on any atom is -0.287 e. The molecule has 5 rings (SSSR count). The van der Waals surface area contributed by atoms with Crippen molar-refractivity contribution in [3.63, 3.8) is 0 Å². The van der Waals surface area contributed by atoms with E-state index in [1.807, 2.05) is 60.7 Å². The van der Waals surface area contributed by atoms with Crippen molar-refractivity contribution >= 4 is 11.6 Å². The second-order valence-corrected chi connectivity index (χ2v) is 6.54. The molecule has 28 heavy (non-hydrogen) atoms. The van der Waals surface area contributed by atoms with Gasteiger partial charge in [-0.2, -0.15) is 5.10 Å². The SMILES string of the molecule is Cn1ncc2c1C(=O)c1nc(-c3ccccc3)c(-c3ccccc3)nc1C2=O. The predicted molar refractivity (Wildman–Crippen MR) is 103 cm³/mol. The van der Waals surface area contributed by atoms with Crippen LogP contribution in [-0.2, 0) is 7.05 Å². The normalized spacial score (nSPS) is 12.6. The number of aryl methyl sites for hydroxylation is 1. The maximum Gasteiger partial charge on any atom is 0.232 e. The van der Waals surface area contributed by atoms with Crippen LogP contribution in [0.2, 0.25) is 0 Å². The molecule has 0 unspecified atom stereocenters. The van der Waals surface area contributed by atoms with Crippen LogP contribution >= 0.6 is 0 Å². The molecule has 4 aromatic rings. The van der Waals surface area contributed by atoms with E-state index >= 15 is 0 Å². The molecule has 1 aliphatic rings. The number of ketones is 2. The molecular formula is C22H14N4O2. The monoisotopic (exact) mass is 366 g/mol. The van der Waals surface area contributed by atoms with Crippen molar-refractivity contribution in [2.75, 3.05) is 0 Å². The Morgan fingerprint density at radius 2 is 1.18 bits per heavy atom. The summed E-state index contributed by atoms with van der Waals surface area (Å²) in [5, 5.41) is 4.06. The van der Waals surface area contributed by atoms with E-state index in [2.05, 4.69) is 15.1 Å². The van der Waals surface area contributed by atoms with E-state index in [1.54, 1.807) is 7.05 Å². The van der Waals surface area contributed by atoms with Crippen molar-refractivity contribution in [3.05, 3.63) is 89.5 Å². The summed E-state index contributed by atoms with van der Waals surface area (Å²) in [6.45, 7) is 0. The average Bonchev–Trinajstić information content (AvgIpc) is 3.14. The smallest absolute Gasteiger partial charge is 0.232 e. The van der Waals surface area contributed by atoms with Crippen LogP contribution in [0.1, 0.15) is 32.2 Å². The summed E-state index contributed by atoms with van der Waals surface area (Å²) < 4.78 is 1.41. The molecule has 2 aromatic carbocycles. The third-order valence-electron chi connectivity index (χ3n) is 4.82. The number of benzene rings is 2. The van der Waals surface area contributed by atoms with Gasteiger partial charge < -0.3 is 0 Å². The second-order valence-electron chi connectivity index (χ2n) is 6.54. The molecule has 6 heteroatoms. The Morgan fingerprint density at radius 1 is 0.679 bits per heavy atom. The highest BCUT2D eigenvalue weighted by molar-refractivity contribution is 6.26. The van der Waals surface area contributed by atoms with E-state index in [0.717, 1.165) is 11.1 Å². The first-order valence-electron chi connectivity index (χ1n) is 8.79. The van der Waals surface area contributed by atoms with E-state index in [9.17, 15) is 9.59 Å². The zero-order chi connectivity index (χ0) is 19.3. The van der Waals surface area contributed by atoms with Gasteiger partial charge in [0.1, 0.15) is 17.1 Å². The van der Waals surface area contributed by atoms with Gasteiger partial charge in [-0.05, 0) is 0 Å². The number of aromatic nitrogens is 4. The van der Waals surface area contributed by atoms with Crippen LogP contribution in [0.15, 0.2) is 66.9 Å². The molecule has 2 heterocycles. The summed E-state index contributed by atoms with van der Waals surface area (Å²) in [4.78, 5) is 35.3. The summed E-state index contributed by atoms with van der Waals surface area (Å²) in [7, 11) is 1.64. The Kier molecular flexibility index (Phi) is 3.52. The van der Waals surface area contributed by atoms with Crippen LogP contribution < -0.4 is 0 Å².